The Balaban J connectivity index is 1.66. The number of carbonyl (C=O) groups excluding carboxylic acids is 1. The summed E-state index contributed by atoms with van der Waals surface area (Å²) in [7, 11) is 2.04. The lowest BCUT2D eigenvalue weighted by Gasteiger charge is -2.34. The highest BCUT2D eigenvalue weighted by molar-refractivity contribution is 5.78. The molecule has 118 valence electrons. The summed E-state index contributed by atoms with van der Waals surface area (Å²) in [5.41, 5.74) is 0. The molecule has 1 aliphatic rings. The number of hydrogen-bond donors (Lipinski definition) is 1. The van der Waals surface area contributed by atoms with E-state index in [4.69, 9.17) is 0 Å². The molecule has 0 aromatic carbocycles. The fourth-order valence-electron chi connectivity index (χ4n) is 2.64. The van der Waals surface area contributed by atoms with E-state index in [2.05, 4.69) is 24.7 Å². The largest absolute Gasteiger partial charge is 0.353 e. The van der Waals surface area contributed by atoms with Gasteiger partial charge in [0.25, 0.3) is 0 Å². The van der Waals surface area contributed by atoms with E-state index < -0.39 is 0 Å². The molecule has 2 heterocycles. The van der Waals surface area contributed by atoms with Gasteiger partial charge in [0.2, 0.25) is 5.91 Å². The highest BCUT2D eigenvalue weighted by atomic mass is 16.2. The van der Waals surface area contributed by atoms with Crippen LogP contribution in [0.5, 0.6) is 0 Å². The van der Waals surface area contributed by atoms with Crippen LogP contribution in [0.2, 0.25) is 0 Å². The third kappa shape index (κ3) is 5.13. The van der Waals surface area contributed by atoms with Crippen LogP contribution in [0.15, 0.2) is 12.4 Å². The van der Waals surface area contributed by atoms with Gasteiger partial charge >= 0.3 is 0 Å². The fraction of sp³-hybridized carbons (Fsp3) is 0.733. The van der Waals surface area contributed by atoms with Crippen molar-refractivity contribution in [2.24, 2.45) is 7.05 Å². The van der Waals surface area contributed by atoms with Crippen molar-refractivity contribution in [3.05, 3.63) is 18.2 Å². The molecule has 1 aliphatic heterocycles. The molecule has 1 saturated heterocycles. The van der Waals surface area contributed by atoms with Crippen molar-refractivity contribution in [2.45, 2.75) is 26.3 Å². The number of nitrogens with zero attached hydrogens (tertiary/aromatic N) is 4. The van der Waals surface area contributed by atoms with Gasteiger partial charge in [-0.05, 0) is 13.8 Å². The lowest BCUT2D eigenvalue weighted by Crippen LogP contribution is -2.50. The van der Waals surface area contributed by atoms with Crippen molar-refractivity contribution in [2.75, 3.05) is 39.3 Å². The monoisotopic (exact) mass is 293 g/mol. The van der Waals surface area contributed by atoms with Crippen molar-refractivity contribution in [3.8, 4) is 0 Å². The van der Waals surface area contributed by atoms with Gasteiger partial charge < -0.3 is 14.8 Å². The van der Waals surface area contributed by atoms with Crippen LogP contribution in [0.25, 0.3) is 0 Å². The maximum Gasteiger partial charge on any atom is 0.234 e. The van der Waals surface area contributed by atoms with Gasteiger partial charge in [0.15, 0.2) is 0 Å². The van der Waals surface area contributed by atoms with Gasteiger partial charge in [-0.25, -0.2) is 4.98 Å². The molecule has 21 heavy (non-hydrogen) atoms. The molecule has 0 aliphatic carbocycles. The molecule has 1 amide bonds. The quantitative estimate of drug-likeness (QED) is 0.808. The van der Waals surface area contributed by atoms with Crippen LogP contribution in [0.4, 0.5) is 0 Å². The molecule has 6 nitrogen and oxygen atoms in total. The van der Waals surface area contributed by atoms with E-state index in [0.29, 0.717) is 6.54 Å². The van der Waals surface area contributed by atoms with Gasteiger partial charge in [-0.1, -0.05) is 0 Å². The SMILES string of the molecule is CC(C)NC(=O)CN1CCN(CCc2nccn2C)CC1. The number of piperazine rings is 1. The maximum atomic E-state index is 11.7. The predicted molar refractivity (Wildman–Crippen MR) is 83.1 cm³/mol. The van der Waals surface area contributed by atoms with E-state index in [1.54, 1.807) is 0 Å². The molecule has 1 aromatic heterocycles. The average molecular weight is 293 g/mol. The number of rotatable bonds is 6. The zero-order valence-electron chi connectivity index (χ0n) is 13.4. The van der Waals surface area contributed by atoms with Gasteiger partial charge in [0.05, 0.1) is 6.54 Å². The summed E-state index contributed by atoms with van der Waals surface area (Å²) in [6, 6.07) is 0.219. The first-order valence-electron chi connectivity index (χ1n) is 7.75. The Hall–Kier alpha value is -1.40. The van der Waals surface area contributed by atoms with Crippen LogP contribution in [-0.2, 0) is 18.3 Å². The predicted octanol–water partition coefficient (Wildman–Crippen LogP) is 0.105. The summed E-state index contributed by atoms with van der Waals surface area (Å²) < 4.78 is 2.08. The number of imidazole rings is 1. The molecule has 1 aromatic rings. The van der Waals surface area contributed by atoms with Crippen molar-refractivity contribution < 1.29 is 4.79 Å². The summed E-state index contributed by atoms with van der Waals surface area (Å²) in [5.74, 6) is 1.26. The smallest absolute Gasteiger partial charge is 0.234 e. The Bertz CT molecular complexity index is 449. The molecule has 0 radical (unpaired) electrons. The molecular formula is C15H27N5O. The minimum absolute atomic E-state index is 0.131. The third-order valence-electron chi connectivity index (χ3n) is 3.85. The van der Waals surface area contributed by atoms with E-state index in [9.17, 15) is 4.79 Å². The maximum absolute atomic E-state index is 11.7. The van der Waals surface area contributed by atoms with Crippen molar-refractivity contribution in [1.82, 2.24) is 24.7 Å². The molecule has 0 spiro atoms. The van der Waals surface area contributed by atoms with E-state index >= 15 is 0 Å². The van der Waals surface area contributed by atoms with Crippen LogP contribution < -0.4 is 5.32 Å². The van der Waals surface area contributed by atoms with Gasteiger partial charge in [0, 0.05) is 64.6 Å². The van der Waals surface area contributed by atoms with Crippen LogP contribution in [0.1, 0.15) is 19.7 Å². The first-order chi connectivity index (χ1) is 10.0. The second-order valence-corrected chi connectivity index (χ2v) is 6.04. The van der Waals surface area contributed by atoms with Gasteiger partial charge in [-0.15, -0.1) is 0 Å². The minimum Gasteiger partial charge on any atom is -0.353 e. The lowest BCUT2D eigenvalue weighted by atomic mass is 10.2. The number of nitrogens with one attached hydrogen (secondary N) is 1. The second kappa shape index (κ2) is 7.56. The van der Waals surface area contributed by atoms with Crippen LogP contribution >= 0.6 is 0 Å². The average Bonchev–Trinajstić information content (AvgIpc) is 2.82. The lowest BCUT2D eigenvalue weighted by molar-refractivity contribution is -0.123. The Morgan fingerprint density at radius 3 is 2.52 bits per heavy atom. The molecule has 2 rings (SSSR count). The van der Waals surface area contributed by atoms with Crippen molar-refractivity contribution in [1.29, 1.82) is 0 Å². The molecule has 0 atom stereocenters. The number of amides is 1. The zero-order valence-corrected chi connectivity index (χ0v) is 13.4. The number of carbonyl (C=O) groups is 1. The molecular weight excluding hydrogens is 266 g/mol. The summed E-state index contributed by atoms with van der Waals surface area (Å²) in [4.78, 5) is 20.8. The number of hydrogen-bond acceptors (Lipinski definition) is 4. The van der Waals surface area contributed by atoms with E-state index in [0.717, 1.165) is 45.0 Å². The fourth-order valence-corrected chi connectivity index (χ4v) is 2.64. The zero-order chi connectivity index (χ0) is 15.2. The molecule has 1 fully saturated rings. The van der Waals surface area contributed by atoms with Crippen LogP contribution in [0.3, 0.4) is 0 Å². The minimum atomic E-state index is 0.131. The Kier molecular flexibility index (Phi) is 5.76. The van der Waals surface area contributed by atoms with Crippen molar-refractivity contribution >= 4 is 5.91 Å². The Morgan fingerprint density at radius 2 is 1.95 bits per heavy atom. The third-order valence-corrected chi connectivity index (χ3v) is 3.85. The van der Waals surface area contributed by atoms with Gasteiger partial charge in [0.1, 0.15) is 5.82 Å². The number of aryl methyl sites for hydroxylation is 1. The van der Waals surface area contributed by atoms with E-state index in [1.807, 2.05) is 33.3 Å². The summed E-state index contributed by atoms with van der Waals surface area (Å²) in [6.07, 6.45) is 4.82. The Labute approximate surface area is 127 Å². The topological polar surface area (TPSA) is 53.4 Å². The Morgan fingerprint density at radius 1 is 1.29 bits per heavy atom. The van der Waals surface area contributed by atoms with Gasteiger partial charge in [-0.2, -0.15) is 0 Å². The first-order valence-corrected chi connectivity index (χ1v) is 7.75. The molecule has 0 saturated carbocycles. The highest BCUT2D eigenvalue weighted by Crippen LogP contribution is 2.04. The highest BCUT2D eigenvalue weighted by Gasteiger charge is 2.19. The van der Waals surface area contributed by atoms with Gasteiger partial charge in [-0.3, -0.25) is 9.69 Å². The normalized spacial score (nSPS) is 17.3. The van der Waals surface area contributed by atoms with E-state index in [1.165, 1.54) is 0 Å². The molecule has 6 heteroatoms. The molecule has 1 N–H and O–H groups in total. The molecule has 0 bridgehead atoms. The summed E-state index contributed by atoms with van der Waals surface area (Å²) in [6.45, 7) is 9.53. The molecule has 0 unspecified atom stereocenters. The van der Waals surface area contributed by atoms with Crippen LogP contribution in [-0.4, -0.2) is 70.6 Å². The summed E-state index contributed by atoms with van der Waals surface area (Å²) in [5, 5.41) is 2.95. The first kappa shape index (κ1) is 16.0. The summed E-state index contributed by atoms with van der Waals surface area (Å²) >= 11 is 0. The van der Waals surface area contributed by atoms with Crippen LogP contribution in [0, 0.1) is 0 Å². The van der Waals surface area contributed by atoms with Crippen molar-refractivity contribution in [3.63, 3.8) is 0 Å². The van der Waals surface area contributed by atoms with E-state index in [-0.39, 0.29) is 11.9 Å². The second-order valence-electron chi connectivity index (χ2n) is 6.04. The standard InChI is InChI=1S/C15H27N5O/c1-13(2)17-15(21)12-20-10-8-19(9-11-20)6-4-14-16-5-7-18(14)3/h5,7,13H,4,6,8-12H2,1-3H3,(H,17,21). The number of aromatic nitrogens is 2.